The van der Waals surface area contributed by atoms with Crippen LogP contribution in [0.4, 0.5) is 0 Å². The molecule has 13 nitrogen and oxygen atoms in total. The molecule has 3 aliphatic carbocycles. The molecule has 3 fully saturated rings. The van der Waals surface area contributed by atoms with Gasteiger partial charge >= 0.3 is 17.9 Å². The number of carbonyl (C=O) groups excluding carboxylic acids is 5. The molecule has 0 unspecified atom stereocenters. The van der Waals surface area contributed by atoms with Crippen molar-refractivity contribution in [3.8, 4) is 0 Å². The molecule has 2 heterocycles. The molecule has 1 aromatic heterocycles. The van der Waals surface area contributed by atoms with Crippen LogP contribution in [0.5, 0.6) is 0 Å². The topological polar surface area (TPSA) is 195 Å². The number of ether oxygens (including phenoxy) is 4. The Hall–Kier alpha value is -3.95. The second-order valence-corrected chi connectivity index (χ2v) is 16.2. The number of Topliss-reactive ketones (excluding diaryl/α,β-unsaturated/α-hetero) is 1. The first-order chi connectivity index (χ1) is 24.4. The fourth-order valence-corrected chi connectivity index (χ4v) is 9.93. The van der Waals surface area contributed by atoms with E-state index in [4.69, 9.17) is 18.9 Å². The predicted octanol–water partition coefficient (Wildman–Crippen LogP) is 2.96. The highest BCUT2D eigenvalue weighted by Gasteiger charge is 2.76. The summed E-state index contributed by atoms with van der Waals surface area (Å²) in [5, 5.41) is 40.6. The number of carbonyl (C=O) groups is 5. The second kappa shape index (κ2) is 13.5. The number of amides is 1. The third-order valence-electron chi connectivity index (χ3n) is 11.8. The summed E-state index contributed by atoms with van der Waals surface area (Å²) in [6.45, 7) is 8.87. The molecule has 2 saturated carbocycles. The second-order valence-electron chi connectivity index (χ2n) is 15.3. The van der Waals surface area contributed by atoms with Crippen molar-refractivity contribution in [2.24, 2.45) is 16.7 Å². The van der Waals surface area contributed by atoms with E-state index < -0.39 is 101 Å². The van der Waals surface area contributed by atoms with Gasteiger partial charge in [-0.1, -0.05) is 45.0 Å². The Bertz CT molecular complexity index is 1790. The van der Waals surface area contributed by atoms with Crippen molar-refractivity contribution in [1.29, 1.82) is 0 Å². The lowest BCUT2D eigenvalue weighted by Crippen LogP contribution is -2.80. The number of aliphatic hydroxyl groups is 3. The lowest BCUT2D eigenvalue weighted by molar-refractivity contribution is -0.349. The van der Waals surface area contributed by atoms with Gasteiger partial charge in [0.1, 0.15) is 30.0 Å². The molecule has 0 spiro atoms. The van der Waals surface area contributed by atoms with Gasteiger partial charge in [0.15, 0.2) is 17.5 Å². The Morgan fingerprint density at radius 3 is 2.31 bits per heavy atom. The average molecular weight is 740 g/mol. The first kappa shape index (κ1) is 37.8. The molecule has 2 bridgehead atoms. The van der Waals surface area contributed by atoms with Gasteiger partial charge in [0.2, 0.25) is 5.91 Å². The maximum absolute atomic E-state index is 14.6. The van der Waals surface area contributed by atoms with Crippen LogP contribution in [0.15, 0.2) is 59.0 Å². The zero-order valence-electron chi connectivity index (χ0n) is 29.9. The summed E-state index contributed by atoms with van der Waals surface area (Å²) in [6.07, 6.45) is -7.48. The molecule has 280 valence electrons. The van der Waals surface area contributed by atoms with Gasteiger partial charge in [-0.25, -0.2) is 9.59 Å². The van der Waals surface area contributed by atoms with Crippen molar-refractivity contribution < 1.29 is 58.2 Å². The fraction of sp³-hybridized carbons (Fsp3) is 0.553. The summed E-state index contributed by atoms with van der Waals surface area (Å²) in [5.74, 6) is -4.73. The van der Waals surface area contributed by atoms with Crippen LogP contribution in [0.2, 0.25) is 0 Å². The summed E-state index contributed by atoms with van der Waals surface area (Å²) in [5.41, 5.74) is -5.99. The van der Waals surface area contributed by atoms with Crippen molar-refractivity contribution >= 4 is 40.9 Å². The molecule has 6 rings (SSSR count). The van der Waals surface area contributed by atoms with Crippen molar-refractivity contribution in [2.45, 2.75) is 109 Å². The summed E-state index contributed by atoms with van der Waals surface area (Å²) >= 11 is 1.22. The Kier molecular flexibility index (Phi) is 9.79. The first-order valence-electron chi connectivity index (χ1n) is 17.3. The number of fused-ring (bicyclic) bond motifs is 5. The van der Waals surface area contributed by atoms with Gasteiger partial charge in [-0.2, -0.15) is 0 Å². The molecule has 14 heteroatoms. The normalized spacial score (nSPS) is 34.6. The van der Waals surface area contributed by atoms with Gasteiger partial charge in [0.05, 0.1) is 24.2 Å². The minimum Gasteiger partial charge on any atom is -0.456 e. The summed E-state index contributed by atoms with van der Waals surface area (Å²) in [6, 6.07) is 10.3. The maximum Gasteiger partial charge on any atom is 0.338 e. The summed E-state index contributed by atoms with van der Waals surface area (Å²) < 4.78 is 24.2. The number of ketones is 1. The average Bonchev–Trinajstić information content (AvgIpc) is 3.60. The number of benzene rings is 1. The largest absolute Gasteiger partial charge is 0.456 e. The van der Waals surface area contributed by atoms with Gasteiger partial charge in [-0.15, -0.1) is 11.3 Å². The zero-order chi connectivity index (χ0) is 38.0. The van der Waals surface area contributed by atoms with Gasteiger partial charge in [0, 0.05) is 54.4 Å². The molecular weight excluding hydrogens is 694 g/mol. The van der Waals surface area contributed by atoms with E-state index >= 15 is 0 Å². The Balaban J connectivity index is 1.50. The van der Waals surface area contributed by atoms with Gasteiger partial charge in [-0.3, -0.25) is 14.4 Å². The van der Waals surface area contributed by atoms with Crippen LogP contribution in [0.25, 0.3) is 0 Å². The highest BCUT2D eigenvalue weighted by Crippen LogP contribution is 2.64. The minimum absolute atomic E-state index is 0.0184. The van der Waals surface area contributed by atoms with Crippen LogP contribution in [0.1, 0.15) is 82.1 Å². The van der Waals surface area contributed by atoms with E-state index in [0.29, 0.717) is 10.5 Å². The predicted molar refractivity (Wildman–Crippen MR) is 185 cm³/mol. The van der Waals surface area contributed by atoms with Crippen LogP contribution in [-0.4, -0.2) is 93.2 Å². The van der Waals surface area contributed by atoms with Crippen LogP contribution in [0, 0.1) is 16.7 Å². The number of nitrogens with one attached hydrogen (secondary N) is 1. The SMILES string of the molecule is CC(=O)N[C@@H](c1cccs1)[C@@H](O)C(=O)O[C@H]1C[C@@]2(O)[C@@H](OC(=O)c3ccccc3)[C@H]3[C@](C)(CC(=O)C(=C1C)C2(C)C)[C@@H](O)C[C@H]1OC[C@]13OC(C)=O. The molecule has 1 amide bonds. The van der Waals surface area contributed by atoms with E-state index in [2.05, 4.69) is 5.32 Å². The van der Waals surface area contributed by atoms with E-state index in [1.54, 1.807) is 63.4 Å². The van der Waals surface area contributed by atoms with Crippen LogP contribution in [0.3, 0.4) is 0 Å². The molecule has 1 saturated heterocycles. The summed E-state index contributed by atoms with van der Waals surface area (Å²) in [4.78, 5) is 67.7. The maximum atomic E-state index is 14.6. The molecule has 10 atom stereocenters. The number of esters is 3. The van der Waals surface area contributed by atoms with Crippen LogP contribution in [-0.2, 0) is 38.1 Å². The molecule has 1 aliphatic heterocycles. The molecule has 0 radical (unpaired) electrons. The first-order valence-corrected chi connectivity index (χ1v) is 18.2. The smallest absolute Gasteiger partial charge is 0.338 e. The summed E-state index contributed by atoms with van der Waals surface area (Å²) in [7, 11) is 0. The number of hydrogen-bond donors (Lipinski definition) is 4. The molecule has 4 aliphatic rings. The number of hydrogen-bond acceptors (Lipinski definition) is 13. The van der Waals surface area contributed by atoms with Crippen molar-refractivity contribution in [1.82, 2.24) is 5.32 Å². The third-order valence-corrected chi connectivity index (χ3v) is 12.7. The Morgan fingerprint density at radius 2 is 1.73 bits per heavy atom. The number of aliphatic hydroxyl groups excluding tert-OH is 2. The number of thiophene rings is 1. The molecule has 1 aromatic carbocycles. The van der Waals surface area contributed by atoms with Crippen LogP contribution >= 0.6 is 11.3 Å². The van der Waals surface area contributed by atoms with Crippen LogP contribution < -0.4 is 5.32 Å². The highest BCUT2D eigenvalue weighted by atomic mass is 32.1. The molecule has 4 N–H and O–H groups in total. The Morgan fingerprint density at radius 1 is 1.04 bits per heavy atom. The highest BCUT2D eigenvalue weighted by molar-refractivity contribution is 7.10. The number of rotatable bonds is 8. The molecule has 2 aromatic rings. The zero-order valence-corrected chi connectivity index (χ0v) is 30.7. The fourth-order valence-electron chi connectivity index (χ4n) is 9.12. The van der Waals surface area contributed by atoms with E-state index in [0.717, 1.165) is 0 Å². The quantitative estimate of drug-likeness (QED) is 0.229. The lowest BCUT2D eigenvalue weighted by Gasteiger charge is -2.67. The van der Waals surface area contributed by atoms with E-state index in [-0.39, 0.29) is 30.6 Å². The Labute approximate surface area is 305 Å². The third kappa shape index (κ3) is 5.98. The van der Waals surface area contributed by atoms with Gasteiger partial charge in [-0.05, 0) is 36.1 Å². The van der Waals surface area contributed by atoms with E-state index in [1.165, 1.54) is 37.3 Å². The molecule has 52 heavy (non-hydrogen) atoms. The van der Waals surface area contributed by atoms with E-state index in [9.17, 15) is 39.3 Å². The molecular formula is C38H45NO12S. The minimum atomic E-state index is -2.21. The van der Waals surface area contributed by atoms with Crippen molar-refractivity contribution in [3.05, 3.63) is 69.4 Å². The van der Waals surface area contributed by atoms with Crippen molar-refractivity contribution in [3.63, 3.8) is 0 Å². The van der Waals surface area contributed by atoms with Gasteiger partial charge < -0.3 is 39.6 Å². The lowest BCUT2D eigenvalue weighted by atomic mass is 9.45. The van der Waals surface area contributed by atoms with E-state index in [1.807, 2.05) is 0 Å². The van der Waals surface area contributed by atoms with Gasteiger partial charge in [0.25, 0.3) is 0 Å². The van der Waals surface area contributed by atoms with Crippen molar-refractivity contribution in [2.75, 3.05) is 6.61 Å². The monoisotopic (exact) mass is 739 g/mol. The standard InChI is InChI=1S/C38H45NO12S/c1-19-24(49-34(46)30(44)29(39-20(2)40)25-13-10-14-52-25)17-38(47)32(50-33(45)22-11-8-7-9-12-22)31-36(6,16-23(42)28(19)35(38,4)5)26(43)15-27-37(31,18-48-27)51-21(3)41/h7-14,24,26-27,29-32,43-44,47H,15-18H2,1-6H3,(H,39,40)/t24-,26-,27+,29-,30+,31-,32-,36+,37-,38+/m0/s1.